The molecule has 274 valence electrons. The number of carbonyl (C=O) groups excluding carboxylic acids is 6. The second kappa shape index (κ2) is 13.7. The molecule has 0 radical (unpaired) electrons. The molecule has 0 saturated carbocycles. The first-order valence-electron chi connectivity index (χ1n) is 17.9. The summed E-state index contributed by atoms with van der Waals surface area (Å²) in [6.45, 7) is 7.64. The lowest BCUT2D eigenvalue weighted by atomic mass is 9.95. The van der Waals surface area contributed by atoms with E-state index in [1.807, 2.05) is 64.1 Å². The lowest BCUT2D eigenvalue weighted by molar-refractivity contribution is 0.0910. The predicted molar refractivity (Wildman–Crippen MR) is 215 cm³/mol. The molecule has 0 aliphatic carbocycles. The maximum absolute atomic E-state index is 13.6. The van der Waals surface area contributed by atoms with E-state index in [0.29, 0.717) is 22.7 Å². The Labute approximate surface area is 322 Å². The number of anilines is 4. The molecule has 0 fully saturated rings. The zero-order chi connectivity index (χ0) is 39.4. The van der Waals surface area contributed by atoms with Gasteiger partial charge in [-0.2, -0.15) is 0 Å². The highest BCUT2D eigenvalue weighted by Gasteiger charge is 2.39. The highest BCUT2D eigenvalue weighted by molar-refractivity contribution is 6.36. The first-order valence-corrected chi connectivity index (χ1v) is 17.9. The molecular weight excluding hydrogens is 705 g/mol. The maximum atomic E-state index is 13.6. The molecule has 0 aromatic heterocycles. The van der Waals surface area contributed by atoms with E-state index >= 15 is 0 Å². The van der Waals surface area contributed by atoms with Gasteiger partial charge in [-0.05, 0) is 135 Å². The van der Waals surface area contributed by atoms with E-state index in [9.17, 15) is 28.8 Å². The summed E-state index contributed by atoms with van der Waals surface area (Å²) in [7, 11) is 0. The van der Waals surface area contributed by atoms with Crippen molar-refractivity contribution >= 4 is 58.2 Å². The average Bonchev–Trinajstić information content (AvgIpc) is 3.59. The highest BCUT2D eigenvalue weighted by Crippen LogP contribution is 2.37. The first-order chi connectivity index (χ1) is 26.9. The van der Waals surface area contributed by atoms with Crippen LogP contribution in [0.1, 0.15) is 84.4 Å². The molecule has 6 amide bonds. The minimum absolute atomic E-state index is 0.148. The van der Waals surface area contributed by atoms with E-state index in [-0.39, 0.29) is 33.4 Å². The number of imide groups is 2. The molecule has 2 N–H and O–H groups in total. The standard InChI is InChI=1S/C46H34N4O6/c1-25-5-11-31(12-6-25)47-41(51)29-9-17-37-39(23-29)45(55)49(43(37)53)33-15-19-35(27(3)21-33)36-20-16-34(22-28(36)4)50-44(54)38-18-10-30(24-40(38)46(50)56)42(52)48-32-13-7-26(2)8-14-32/h5-24H,1-4H3,(H,47,51)(H,48,52). The smallest absolute Gasteiger partial charge is 0.266 e. The number of amides is 6. The summed E-state index contributed by atoms with van der Waals surface area (Å²) in [4.78, 5) is 82.4. The Hall–Kier alpha value is -7.46. The zero-order valence-electron chi connectivity index (χ0n) is 30.9. The average molecular weight is 739 g/mol. The van der Waals surface area contributed by atoms with Gasteiger partial charge in [0.25, 0.3) is 35.4 Å². The van der Waals surface area contributed by atoms with Crippen LogP contribution in [-0.2, 0) is 0 Å². The number of nitrogens with zero attached hydrogens (tertiary/aromatic N) is 2. The molecule has 10 nitrogen and oxygen atoms in total. The van der Waals surface area contributed by atoms with Gasteiger partial charge in [0.05, 0.1) is 33.6 Å². The van der Waals surface area contributed by atoms with Crippen LogP contribution in [0.25, 0.3) is 11.1 Å². The molecule has 8 rings (SSSR count). The molecule has 0 saturated heterocycles. The van der Waals surface area contributed by atoms with E-state index in [1.54, 1.807) is 48.5 Å². The van der Waals surface area contributed by atoms with Crippen molar-refractivity contribution in [2.24, 2.45) is 0 Å². The number of carbonyl (C=O) groups is 6. The van der Waals surface area contributed by atoms with E-state index < -0.39 is 35.4 Å². The number of nitrogens with one attached hydrogen (secondary N) is 2. The normalized spacial score (nSPS) is 13.2. The molecular formula is C46H34N4O6. The maximum Gasteiger partial charge on any atom is 0.266 e. The van der Waals surface area contributed by atoms with Crippen LogP contribution in [0.3, 0.4) is 0 Å². The van der Waals surface area contributed by atoms with Crippen molar-refractivity contribution in [3.63, 3.8) is 0 Å². The Bertz CT molecular complexity index is 2510. The first kappa shape index (κ1) is 35.6. The van der Waals surface area contributed by atoms with Crippen molar-refractivity contribution in [3.05, 3.63) is 177 Å². The molecule has 56 heavy (non-hydrogen) atoms. The second-order valence-corrected chi connectivity index (χ2v) is 14.1. The number of aryl methyl sites for hydroxylation is 4. The van der Waals surface area contributed by atoms with Gasteiger partial charge in [-0.3, -0.25) is 28.8 Å². The molecule has 0 unspecified atom stereocenters. The van der Waals surface area contributed by atoms with E-state index in [4.69, 9.17) is 0 Å². The fourth-order valence-corrected chi connectivity index (χ4v) is 7.09. The molecule has 10 heteroatoms. The van der Waals surface area contributed by atoms with Crippen LogP contribution in [0.4, 0.5) is 22.7 Å². The van der Waals surface area contributed by atoms with Crippen LogP contribution in [0, 0.1) is 27.7 Å². The Kier molecular flexibility index (Phi) is 8.73. The summed E-state index contributed by atoms with van der Waals surface area (Å²) in [6, 6.07) is 34.2. The Morgan fingerprint density at radius 3 is 1.09 bits per heavy atom. The molecule has 2 heterocycles. The Morgan fingerprint density at radius 2 is 0.732 bits per heavy atom. The molecule has 0 bridgehead atoms. The van der Waals surface area contributed by atoms with E-state index in [0.717, 1.165) is 43.2 Å². The topological polar surface area (TPSA) is 133 Å². The van der Waals surface area contributed by atoms with E-state index in [1.165, 1.54) is 36.4 Å². The summed E-state index contributed by atoms with van der Waals surface area (Å²) in [5.74, 6) is -2.81. The fraction of sp³-hybridized carbons (Fsp3) is 0.0870. The molecule has 6 aromatic carbocycles. The van der Waals surface area contributed by atoms with Crippen LogP contribution in [0.15, 0.2) is 121 Å². The summed E-state index contributed by atoms with van der Waals surface area (Å²) in [5, 5.41) is 5.65. The quantitative estimate of drug-likeness (QED) is 0.158. The minimum Gasteiger partial charge on any atom is -0.322 e. The zero-order valence-corrected chi connectivity index (χ0v) is 30.9. The molecule has 0 spiro atoms. The third kappa shape index (κ3) is 6.22. The summed E-state index contributed by atoms with van der Waals surface area (Å²) < 4.78 is 0. The van der Waals surface area contributed by atoms with Gasteiger partial charge in [-0.15, -0.1) is 0 Å². The van der Waals surface area contributed by atoms with Gasteiger partial charge >= 0.3 is 0 Å². The molecule has 2 aliphatic heterocycles. The molecule has 2 aliphatic rings. The van der Waals surface area contributed by atoms with Gasteiger partial charge in [0.15, 0.2) is 0 Å². The SMILES string of the molecule is Cc1ccc(NC(=O)c2ccc3c(c2)C(=O)N(c2ccc(-c4ccc(N5C(=O)c6ccc(C(=O)Nc7ccc(C)cc7)cc6C5=O)cc4C)c(C)c2)C3=O)cc1. The van der Waals surface area contributed by atoms with Crippen molar-refractivity contribution in [1.82, 2.24) is 0 Å². The van der Waals surface area contributed by atoms with Crippen LogP contribution in [0.5, 0.6) is 0 Å². The summed E-state index contributed by atoms with van der Waals surface area (Å²) >= 11 is 0. The third-order valence-corrected chi connectivity index (χ3v) is 10.1. The van der Waals surface area contributed by atoms with Crippen molar-refractivity contribution in [2.45, 2.75) is 27.7 Å². The van der Waals surface area contributed by atoms with E-state index in [2.05, 4.69) is 10.6 Å². The van der Waals surface area contributed by atoms with Gasteiger partial charge in [-0.25, -0.2) is 9.80 Å². The van der Waals surface area contributed by atoms with Crippen molar-refractivity contribution in [1.29, 1.82) is 0 Å². The number of rotatable bonds is 7. The van der Waals surface area contributed by atoms with Gasteiger partial charge in [0, 0.05) is 22.5 Å². The van der Waals surface area contributed by atoms with Gasteiger partial charge in [0.2, 0.25) is 0 Å². The summed E-state index contributed by atoms with van der Waals surface area (Å²) in [5.41, 5.74) is 8.57. The highest BCUT2D eigenvalue weighted by atomic mass is 16.2. The molecule has 0 atom stereocenters. The van der Waals surface area contributed by atoms with Crippen LogP contribution in [0.2, 0.25) is 0 Å². The van der Waals surface area contributed by atoms with Crippen molar-refractivity contribution in [3.8, 4) is 11.1 Å². The minimum atomic E-state index is -0.525. The monoisotopic (exact) mass is 738 g/mol. The largest absolute Gasteiger partial charge is 0.322 e. The Balaban J connectivity index is 0.994. The third-order valence-electron chi connectivity index (χ3n) is 10.1. The fourth-order valence-electron chi connectivity index (χ4n) is 7.09. The Morgan fingerprint density at radius 1 is 0.393 bits per heavy atom. The van der Waals surface area contributed by atoms with Crippen molar-refractivity contribution < 1.29 is 28.8 Å². The van der Waals surface area contributed by atoms with Gasteiger partial charge < -0.3 is 10.6 Å². The lowest BCUT2D eigenvalue weighted by Crippen LogP contribution is -2.29. The number of fused-ring (bicyclic) bond motifs is 2. The number of hydrogen-bond acceptors (Lipinski definition) is 6. The number of hydrogen-bond donors (Lipinski definition) is 2. The van der Waals surface area contributed by atoms with Gasteiger partial charge in [-0.1, -0.05) is 47.5 Å². The second-order valence-electron chi connectivity index (χ2n) is 14.1. The number of benzene rings is 6. The molecule has 6 aromatic rings. The van der Waals surface area contributed by atoms with Crippen LogP contribution >= 0.6 is 0 Å². The van der Waals surface area contributed by atoms with Crippen molar-refractivity contribution in [2.75, 3.05) is 20.4 Å². The summed E-state index contributed by atoms with van der Waals surface area (Å²) in [6.07, 6.45) is 0. The van der Waals surface area contributed by atoms with Crippen LogP contribution < -0.4 is 20.4 Å². The van der Waals surface area contributed by atoms with Crippen LogP contribution in [-0.4, -0.2) is 35.4 Å². The predicted octanol–water partition coefficient (Wildman–Crippen LogP) is 8.69. The van der Waals surface area contributed by atoms with Gasteiger partial charge in [0.1, 0.15) is 0 Å². The lowest BCUT2D eigenvalue weighted by Gasteiger charge is -2.19.